The van der Waals surface area contributed by atoms with E-state index in [1.807, 2.05) is 0 Å². The maximum absolute atomic E-state index is 8.62. The first-order valence-electron chi connectivity index (χ1n) is 7.61. The fourth-order valence-electron chi connectivity index (χ4n) is 2.83. The third-order valence-corrected chi connectivity index (χ3v) is 4.38. The molecule has 2 nitrogen and oxygen atoms in total. The molecule has 0 spiro atoms. The zero-order valence-electron chi connectivity index (χ0n) is 12.5. The van der Waals surface area contributed by atoms with Gasteiger partial charge in [-0.2, -0.15) is 5.26 Å². The normalized spacial score (nSPS) is 24.8. The van der Waals surface area contributed by atoms with Crippen LogP contribution in [0.15, 0.2) is 0 Å². The Balaban J connectivity index is 2.06. The molecule has 0 saturated heterocycles. The van der Waals surface area contributed by atoms with Crippen LogP contribution in [0.25, 0.3) is 0 Å². The van der Waals surface area contributed by atoms with Crippen LogP contribution in [-0.2, 0) is 0 Å². The summed E-state index contributed by atoms with van der Waals surface area (Å²) >= 11 is 0. The summed E-state index contributed by atoms with van der Waals surface area (Å²) in [5.74, 6) is 1.91. The largest absolute Gasteiger partial charge is 0.316 e. The first-order chi connectivity index (χ1) is 8.53. The lowest BCUT2D eigenvalue weighted by Gasteiger charge is -2.27. The molecule has 18 heavy (non-hydrogen) atoms. The highest BCUT2D eigenvalue weighted by Crippen LogP contribution is 2.30. The van der Waals surface area contributed by atoms with Crippen molar-refractivity contribution in [3.63, 3.8) is 0 Å². The van der Waals surface area contributed by atoms with E-state index in [9.17, 15) is 0 Å². The van der Waals surface area contributed by atoms with Crippen LogP contribution in [0.2, 0.25) is 0 Å². The zero-order chi connectivity index (χ0) is 13.4. The zero-order valence-corrected chi connectivity index (χ0v) is 12.5. The lowest BCUT2D eigenvalue weighted by molar-refractivity contribution is 0.265. The van der Waals surface area contributed by atoms with Crippen molar-refractivity contribution in [2.24, 2.45) is 17.3 Å². The van der Waals surface area contributed by atoms with E-state index in [4.69, 9.17) is 5.26 Å². The van der Waals surface area contributed by atoms with Crippen LogP contribution in [0.5, 0.6) is 0 Å². The molecule has 0 bridgehead atoms. The molecule has 2 heteroatoms. The topological polar surface area (TPSA) is 35.8 Å². The minimum absolute atomic E-state index is 0.261. The third kappa shape index (κ3) is 6.40. The summed E-state index contributed by atoms with van der Waals surface area (Å²) in [5.41, 5.74) is 0.261. The molecule has 0 unspecified atom stereocenters. The molecular formula is C16H30N2. The molecule has 104 valence electrons. The second-order valence-corrected chi connectivity index (χ2v) is 6.91. The summed E-state index contributed by atoms with van der Waals surface area (Å²) in [5, 5.41) is 12.2. The Morgan fingerprint density at radius 2 is 1.89 bits per heavy atom. The number of hydrogen-bond donors (Lipinski definition) is 1. The highest BCUT2D eigenvalue weighted by molar-refractivity contribution is 4.79. The van der Waals surface area contributed by atoms with Gasteiger partial charge in [0.15, 0.2) is 0 Å². The number of nitrogens with one attached hydrogen (secondary N) is 1. The molecule has 1 saturated carbocycles. The van der Waals surface area contributed by atoms with Crippen molar-refractivity contribution in [2.45, 2.75) is 65.7 Å². The van der Waals surface area contributed by atoms with Gasteiger partial charge >= 0.3 is 0 Å². The van der Waals surface area contributed by atoms with Gasteiger partial charge in [0, 0.05) is 13.0 Å². The molecule has 1 N–H and O–H groups in total. The Labute approximate surface area is 113 Å². The van der Waals surface area contributed by atoms with Gasteiger partial charge in [-0.15, -0.1) is 0 Å². The van der Waals surface area contributed by atoms with Gasteiger partial charge in [-0.1, -0.05) is 46.5 Å². The van der Waals surface area contributed by atoms with E-state index in [0.29, 0.717) is 6.42 Å². The van der Waals surface area contributed by atoms with Gasteiger partial charge in [0.1, 0.15) is 0 Å². The SMILES string of the molecule is CC1CCC(CCNCC(C)(C)CCC#N)CC1. The molecule has 1 aliphatic carbocycles. The van der Waals surface area contributed by atoms with Gasteiger partial charge in [-0.05, 0) is 36.6 Å². The lowest BCUT2D eigenvalue weighted by atomic mass is 9.81. The lowest BCUT2D eigenvalue weighted by Crippen LogP contribution is -2.31. The third-order valence-electron chi connectivity index (χ3n) is 4.38. The minimum Gasteiger partial charge on any atom is -0.316 e. The van der Waals surface area contributed by atoms with Crippen molar-refractivity contribution in [2.75, 3.05) is 13.1 Å². The average Bonchev–Trinajstić information content (AvgIpc) is 2.34. The second-order valence-electron chi connectivity index (χ2n) is 6.91. The first kappa shape index (κ1) is 15.5. The van der Waals surface area contributed by atoms with E-state index >= 15 is 0 Å². The smallest absolute Gasteiger partial charge is 0.0621 e. The molecule has 0 atom stereocenters. The first-order valence-corrected chi connectivity index (χ1v) is 7.61. The molecule has 0 aromatic carbocycles. The number of hydrogen-bond acceptors (Lipinski definition) is 2. The Kier molecular flexibility index (Phi) is 6.71. The molecule has 1 aliphatic rings. The summed E-state index contributed by atoms with van der Waals surface area (Å²) in [6, 6.07) is 2.24. The fourth-order valence-corrected chi connectivity index (χ4v) is 2.83. The Bertz CT molecular complexity index is 257. The van der Waals surface area contributed by atoms with Gasteiger partial charge in [-0.25, -0.2) is 0 Å². The standard InChI is InChI=1S/C16H30N2/c1-14-5-7-15(8-6-14)9-12-18-13-16(2,3)10-4-11-17/h14-15,18H,4-10,12-13H2,1-3H3. The molecule has 1 rings (SSSR count). The highest BCUT2D eigenvalue weighted by atomic mass is 14.9. The quantitative estimate of drug-likeness (QED) is 0.690. The van der Waals surface area contributed by atoms with Gasteiger partial charge in [0.2, 0.25) is 0 Å². The van der Waals surface area contributed by atoms with Crippen molar-refractivity contribution in [1.29, 1.82) is 5.26 Å². The average molecular weight is 250 g/mol. The summed E-state index contributed by atoms with van der Waals surface area (Å²) in [4.78, 5) is 0. The van der Waals surface area contributed by atoms with Crippen molar-refractivity contribution < 1.29 is 0 Å². The minimum atomic E-state index is 0.261. The molecule has 0 aliphatic heterocycles. The van der Waals surface area contributed by atoms with Crippen molar-refractivity contribution in [3.8, 4) is 6.07 Å². The van der Waals surface area contributed by atoms with E-state index in [1.165, 1.54) is 32.1 Å². The van der Waals surface area contributed by atoms with E-state index in [1.54, 1.807) is 0 Å². The molecular weight excluding hydrogens is 220 g/mol. The summed E-state index contributed by atoms with van der Waals surface area (Å²) in [6.07, 6.45) is 8.73. The molecule has 0 aromatic heterocycles. The van der Waals surface area contributed by atoms with Crippen LogP contribution >= 0.6 is 0 Å². The molecule has 0 radical (unpaired) electrons. The van der Waals surface area contributed by atoms with Crippen LogP contribution in [0.4, 0.5) is 0 Å². The van der Waals surface area contributed by atoms with Crippen LogP contribution in [0.3, 0.4) is 0 Å². The molecule has 1 fully saturated rings. The van der Waals surface area contributed by atoms with E-state index in [-0.39, 0.29) is 5.41 Å². The van der Waals surface area contributed by atoms with Crippen LogP contribution in [0.1, 0.15) is 65.7 Å². The van der Waals surface area contributed by atoms with E-state index < -0.39 is 0 Å². The van der Waals surface area contributed by atoms with Crippen molar-refractivity contribution in [1.82, 2.24) is 5.32 Å². The predicted molar refractivity (Wildman–Crippen MR) is 77.2 cm³/mol. The van der Waals surface area contributed by atoms with Crippen molar-refractivity contribution >= 4 is 0 Å². The number of nitriles is 1. The highest BCUT2D eigenvalue weighted by Gasteiger charge is 2.19. The molecule has 0 heterocycles. The fraction of sp³-hybridized carbons (Fsp3) is 0.938. The summed E-state index contributed by atoms with van der Waals surface area (Å²) in [7, 11) is 0. The summed E-state index contributed by atoms with van der Waals surface area (Å²) in [6.45, 7) is 9.07. The van der Waals surface area contributed by atoms with Crippen LogP contribution < -0.4 is 5.32 Å². The van der Waals surface area contributed by atoms with E-state index in [0.717, 1.165) is 31.3 Å². The second kappa shape index (κ2) is 7.79. The number of rotatable bonds is 7. The van der Waals surface area contributed by atoms with Gasteiger partial charge in [0.05, 0.1) is 6.07 Å². The van der Waals surface area contributed by atoms with Crippen molar-refractivity contribution in [3.05, 3.63) is 0 Å². The molecule has 0 amide bonds. The predicted octanol–water partition coefficient (Wildman–Crippen LogP) is 4.12. The van der Waals surface area contributed by atoms with Gasteiger partial charge < -0.3 is 5.32 Å². The number of nitrogens with zero attached hydrogens (tertiary/aromatic N) is 1. The Hall–Kier alpha value is -0.550. The molecule has 0 aromatic rings. The van der Waals surface area contributed by atoms with Gasteiger partial charge in [0.25, 0.3) is 0 Å². The van der Waals surface area contributed by atoms with E-state index in [2.05, 4.69) is 32.2 Å². The summed E-state index contributed by atoms with van der Waals surface area (Å²) < 4.78 is 0. The van der Waals surface area contributed by atoms with Crippen LogP contribution in [0, 0.1) is 28.6 Å². The Morgan fingerprint density at radius 3 is 2.50 bits per heavy atom. The maximum atomic E-state index is 8.62. The van der Waals surface area contributed by atoms with Crippen LogP contribution in [-0.4, -0.2) is 13.1 Å². The van der Waals surface area contributed by atoms with Gasteiger partial charge in [-0.3, -0.25) is 0 Å². The monoisotopic (exact) mass is 250 g/mol. The Morgan fingerprint density at radius 1 is 1.22 bits per heavy atom. The maximum Gasteiger partial charge on any atom is 0.0621 e.